The van der Waals surface area contributed by atoms with Crippen LogP contribution < -0.4 is 21.3 Å². The van der Waals surface area contributed by atoms with Crippen molar-refractivity contribution in [2.24, 2.45) is 0 Å². The average molecular weight is 640 g/mol. The lowest BCUT2D eigenvalue weighted by Crippen LogP contribution is -2.60. The van der Waals surface area contributed by atoms with Crippen molar-refractivity contribution in [1.82, 2.24) is 9.13 Å². The van der Waals surface area contributed by atoms with Gasteiger partial charge < -0.3 is 14.0 Å². The van der Waals surface area contributed by atoms with Gasteiger partial charge in [0.1, 0.15) is 0 Å². The van der Waals surface area contributed by atoms with E-state index in [0.717, 1.165) is 0 Å². The molecule has 2 aromatic heterocycles. The summed E-state index contributed by atoms with van der Waals surface area (Å²) in [5, 5.41) is 5.18. The highest BCUT2D eigenvalue weighted by atomic mass is 15.2. The second-order valence-electron chi connectivity index (χ2n) is 15.0. The predicted octanol–water partition coefficient (Wildman–Crippen LogP) is 9.79. The Morgan fingerprint density at radius 2 is 1.10 bits per heavy atom. The molecule has 0 saturated carbocycles. The van der Waals surface area contributed by atoms with E-state index in [1.807, 2.05) is 0 Å². The van der Waals surface area contributed by atoms with Crippen molar-refractivity contribution < 1.29 is 0 Å². The first-order chi connectivity index (χ1) is 24.5. The zero-order chi connectivity index (χ0) is 33.3. The molecule has 4 heteroatoms. The van der Waals surface area contributed by atoms with Gasteiger partial charge in [0, 0.05) is 55.5 Å². The summed E-state index contributed by atoms with van der Waals surface area (Å²) in [6, 6.07) is 56.5. The van der Waals surface area contributed by atoms with E-state index in [1.54, 1.807) is 0 Å². The summed E-state index contributed by atoms with van der Waals surface area (Å²) in [6.07, 6.45) is 0. The van der Waals surface area contributed by atoms with Gasteiger partial charge >= 0.3 is 0 Å². The minimum Gasteiger partial charge on any atom is -0.311 e. The van der Waals surface area contributed by atoms with Crippen LogP contribution in [0.3, 0.4) is 0 Å². The first kappa shape index (κ1) is 27.9. The number of para-hydroxylation sites is 4. The third kappa shape index (κ3) is 3.55. The van der Waals surface area contributed by atoms with Crippen molar-refractivity contribution in [3.05, 3.63) is 157 Å². The Balaban J connectivity index is 1.28. The van der Waals surface area contributed by atoms with E-state index < -0.39 is 0 Å². The van der Waals surface area contributed by atoms with Crippen LogP contribution in [0.2, 0.25) is 0 Å². The van der Waals surface area contributed by atoms with Crippen LogP contribution in [0.4, 0.5) is 17.1 Å². The van der Waals surface area contributed by atoms with E-state index >= 15 is 0 Å². The van der Waals surface area contributed by atoms with Gasteiger partial charge in [-0.3, -0.25) is 0 Å². The van der Waals surface area contributed by atoms with Gasteiger partial charge in [0.2, 0.25) is 0 Å². The molecule has 0 unspecified atom stereocenters. The highest BCUT2D eigenvalue weighted by Crippen LogP contribution is 2.45. The second kappa shape index (κ2) is 9.80. The Bertz CT molecular complexity index is 2850. The van der Waals surface area contributed by atoms with Gasteiger partial charge in [-0.1, -0.05) is 118 Å². The lowest BCUT2D eigenvalue weighted by atomic mass is 9.34. The lowest BCUT2D eigenvalue weighted by Gasteiger charge is -2.40. The van der Waals surface area contributed by atoms with E-state index in [9.17, 15) is 0 Å². The zero-order valence-electron chi connectivity index (χ0n) is 28.4. The van der Waals surface area contributed by atoms with Crippen LogP contribution in [-0.4, -0.2) is 15.8 Å². The van der Waals surface area contributed by atoms with Crippen LogP contribution in [0, 0.1) is 0 Å². The van der Waals surface area contributed by atoms with Crippen molar-refractivity contribution in [1.29, 1.82) is 0 Å². The summed E-state index contributed by atoms with van der Waals surface area (Å²) in [4.78, 5) is 2.49. The third-order valence-electron chi connectivity index (χ3n) is 11.3. The summed E-state index contributed by atoms with van der Waals surface area (Å²) >= 11 is 0. The fourth-order valence-electron chi connectivity index (χ4n) is 9.12. The molecule has 50 heavy (non-hydrogen) atoms. The monoisotopic (exact) mass is 639 g/mol. The van der Waals surface area contributed by atoms with Crippen LogP contribution in [0.1, 0.15) is 26.3 Å². The van der Waals surface area contributed by atoms with Gasteiger partial charge in [0.05, 0.1) is 16.6 Å². The highest BCUT2D eigenvalue weighted by Gasteiger charge is 2.42. The molecule has 4 heterocycles. The van der Waals surface area contributed by atoms with E-state index in [0.29, 0.717) is 0 Å². The van der Waals surface area contributed by atoms with Gasteiger partial charge in [-0.25, -0.2) is 0 Å². The summed E-state index contributed by atoms with van der Waals surface area (Å²) in [6.45, 7) is 6.97. The molecule has 0 N–H and O–H groups in total. The fraction of sp³-hybridized carbons (Fsp3) is 0.0870. The molecule has 0 aliphatic carbocycles. The van der Waals surface area contributed by atoms with Crippen LogP contribution in [0.25, 0.3) is 55.0 Å². The van der Waals surface area contributed by atoms with Crippen molar-refractivity contribution in [2.45, 2.75) is 26.2 Å². The van der Waals surface area contributed by atoms with E-state index in [2.05, 4.69) is 186 Å². The van der Waals surface area contributed by atoms with Crippen molar-refractivity contribution >= 4 is 83.8 Å². The molecule has 2 aliphatic heterocycles. The Kier molecular flexibility index (Phi) is 5.47. The molecule has 0 fully saturated rings. The number of rotatable bonds is 2. The number of benzene rings is 7. The van der Waals surface area contributed by atoms with Gasteiger partial charge in [0.25, 0.3) is 6.71 Å². The van der Waals surface area contributed by atoms with Crippen LogP contribution in [-0.2, 0) is 5.41 Å². The predicted molar refractivity (Wildman–Crippen MR) is 213 cm³/mol. The first-order valence-corrected chi connectivity index (χ1v) is 17.7. The Morgan fingerprint density at radius 1 is 0.440 bits per heavy atom. The Labute approximate surface area is 291 Å². The molecule has 7 aromatic carbocycles. The minimum atomic E-state index is 0.0921. The molecule has 11 rings (SSSR count). The average Bonchev–Trinajstić information content (AvgIpc) is 3.67. The van der Waals surface area contributed by atoms with Crippen LogP contribution >= 0.6 is 0 Å². The van der Waals surface area contributed by atoms with Crippen LogP contribution in [0.5, 0.6) is 0 Å². The molecule has 236 valence electrons. The fourth-order valence-corrected chi connectivity index (χ4v) is 9.12. The number of anilines is 3. The van der Waals surface area contributed by atoms with Crippen LogP contribution in [0.15, 0.2) is 152 Å². The van der Waals surface area contributed by atoms with E-state index in [-0.39, 0.29) is 12.1 Å². The topological polar surface area (TPSA) is 13.1 Å². The molecule has 0 amide bonds. The molecule has 0 spiro atoms. The molecule has 2 aliphatic rings. The summed E-state index contributed by atoms with van der Waals surface area (Å²) < 4.78 is 5.04. The quantitative estimate of drug-likeness (QED) is 0.172. The molecular formula is C46H34BN3. The third-order valence-corrected chi connectivity index (χ3v) is 11.3. The molecule has 0 atom stereocenters. The SMILES string of the molecule is CC(C)(C)c1ccc(N2c3ccccc3B3c4c2cccc4-n2c4c3cccc4c3ccc4c(c5ccccc5n4-c4ccccc4)c32)cc1. The maximum atomic E-state index is 2.61. The van der Waals surface area contributed by atoms with Gasteiger partial charge in [0.15, 0.2) is 0 Å². The molecule has 0 saturated heterocycles. The molecule has 0 bridgehead atoms. The normalized spacial score (nSPS) is 13.4. The Hall–Kier alpha value is -6.00. The second-order valence-corrected chi connectivity index (χ2v) is 15.0. The van der Waals surface area contributed by atoms with Crippen molar-refractivity contribution in [2.75, 3.05) is 4.90 Å². The summed E-state index contributed by atoms with van der Waals surface area (Å²) in [5.41, 5.74) is 16.7. The molecule has 9 aromatic rings. The molecular weight excluding hydrogens is 605 g/mol. The summed E-state index contributed by atoms with van der Waals surface area (Å²) in [7, 11) is 0. The smallest absolute Gasteiger partial charge is 0.252 e. The molecule has 3 nitrogen and oxygen atoms in total. The number of hydrogen-bond acceptors (Lipinski definition) is 1. The largest absolute Gasteiger partial charge is 0.311 e. The van der Waals surface area contributed by atoms with E-state index in [1.165, 1.54) is 94.0 Å². The minimum absolute atomic E-state index is 0.0921. The maximum Gasteiger partial charge on any atom is 0.252 e. The van der Waals surface area contributed by atoms with Gasteiger partial charge in [-0.05, 0) is 82.0 Å². The number of nitrogens with zero attached hydrogens (tertiary/aromatic N) is 3. The standard InChI is InChI=1S/C46H34BN3/c1-46(2,3)29-23-25-31(26-24-29)49-38-20-10-8-17-35(38)47-36-18-11-16-32-33-27-28-39-42(45(33)50(44(32)36)41-22-12-21-40(49)43(41)47)34-15-7-9-19-37(34)48(39)30-13-5-4-6-14-30/h4-28H,1-3H3. The number of fused-ring (bicyclic) bond motifs is 11. The van der Waals surface area contributed by atoms with Crippen molar-refractivity contribution in [3.63, 3.8) is 0 Å². The summed E-state index contributed by atoms with van der Waals surface area (Å²) in [5.74, 6) is 0. The van der Waals surface area contributed by atoms with Gasteiger partial charge in [-0.2, -0.15) is 0 Å². The zero-order valence-corrected chi connectivity index (χ0v) is 28.4. The number of aromatic nitrogens is 2. The van der Waals surface area contributed by atoms with E-state index in [4.69, 9.17) is 0 Å². The lowest BCUT2D eigenvalue weighted by molar-refractivity contribution is 0.590. The Morgan fingerprint density at radius 3 is 1.94 bits per heavy atom. The maximum absolute atomic E-state index is 2.61. The molecule has 0 radical (unpaired) electrons. The van der Waals surface area contributed by atoms with Gasteiger partial charge in [-0.15, -0.1) is 0 Å². The van der Waals surface area contributed by atoms with Crippen molar-refractivity contribution in [3.8, 4) is 11.4 Å². The first-order valence-electron chi connectivity index (χ1n) is 17.7. The number of hydrogen-bond donors (Lipinski definition) is 0. The highest BCUT2D eigenvalue weighted by molar-refractivity contribution is 7.00.